The first-order chi connectivity index (χ1) is 63.1. The van der Waals surface area contributed by atoms with E-state index in [4.69, 9.17) is 0 Å². The highest BCUT2D eigenvalue weighted by atomic mass is 15.2. The summed E-state index contributed by atoms with van der Waals surface area (Å²) in [5, 5.41) is 10.8. The predicted molar refractivity (Wildman–Crippen MR) is 518 cm³/mol. The van der Waals surface area contributed by atoms with E-state index in [1.165, 1.54) is 16.7 Å². The molecule has 3 heterocycles. The van der Waals surface area contributed by atoms with Crippen molar-refractivity contribution in [3.05, 3.63) is 457 Å². The van der Waals surface area contributed by atoms with Crippen LogP contribution in [0, 0.1) is 11.3 Å². The van der Waals surface area contributed by atoms with E-state index in [0.29, 0.717) is 5.69 Å². The molecule has 0 saturated carbocycles. The van der Waals surface area contributed by atoms with Crippen LogP contribution < -0.4 is 26.2 Å². The van der Waals surface area contributed by atoms with Gasteiger partial charge in [-0.1, -0.05) is 357 Å². The molecule has 1 aliphatic carbocycles. The summed E-state index contributed by atoms with van der Waals surface area (Å²) >= 11 is 0. The maximum atomic E-state index is 10.8. The zero-order chi connectivity index (χ0) is 88.9. The highest BCUT2D eigenvalue weighted by Gasteiger charge is 2.48. The molecular formula is C118H87BN4. The summed E-state index contributed by atoms with van der Waals surface area (Å²) in [7, 11) is 0. The van der Waals surface area contributed by atoms with Crippen molar-refractivity contribution in [2.24, 2.45) is 0 Å². The SMILES string of the molecule is [2H]c1c([2H])c([2H])c2c(c1[2H])c1c([2H])c(C#N)c([2H])c([2H])c1n2-c1ccc2c(c1)N(c1ccc(C(C)(C)C)cc1-c1ccc(-c3ccccc3)cc1)c1cc(-c3ccc4c(c3)-c3ccccc3C4(c3ccccc3)c3ccccc3)cc3c1B2c1cc(-c2cc(-c4ccccc4)cc(-c4ccccc4)c2)ccc1N3c1ccc(C(C)(C)C)cc1-c1ccc(-c2ccccc2)cc1. The van der Waals surface area contributed by atoms with Gasteiger partial charge in [-0.25, -0.2) is 0 Å². The summed E-state index contributed by atoms with van der Waals surface area (Å²) in [5.74, 6) is 0. The Labute approximate surface area is 730 Å². The molecule has 1 aromatic heterocycles. The standard InChI is InChI=1S/C118H87BN4/c1-116(2,3)94-56-63-108(99(73-94)84-50-46-82(47-51-84)78-29-13-7-14-30-78)122-111-62-55-87(90-67-88(80-33-17-9-18-34-80)66-89(68-90)81-35-19-10-20-36-81)70-106(111)119-105-60-58-96(121-107-44-28-26-42-98(107)102-65-77(76-120)45-61-110(102)121)75-112(105)123(109-64-57-95(117(4,5)6)74-100(109)85-52-48-83(49-53-85)79-31-15-8-16-32-79)114-72-91(71-113(122)115(114)119)86-54-59-104-101(69-86)97-41-25-27-43-103(97)118(104,92-37-21-11-22-38-92)93-39-23-12-24-40-93/h7-75H,1-6H3/i26D,28D,42D,44D,45D,61D,65D. The average molecular weight is 1580 g/mol. The number of rotatable bonds is 13. The third-order valence-electron chi connectivity index (χ3n) is 25.7. The number of benzene rings is 18. The van der Waals surface area contributed by atoms with E-state index in [2.05, 4.69) is 415 Å². The van der Waals surface area contributed by atoms with Gasteiger partial charge in [-0.2, -0.15) is 5.26 Å². The zero-order valence-corrected chi connectivity index (χ0v) is 69.2. The highest BCUT2D eigenvalue weighted by molar-refractivity contribution is 7.00. The van der Waals surface area contributed by atoms with Gasteiger partial charge in [-0.3, -0.25) is 0 Å². The minimum atomic E-state index is -0.691. The summed E-state index contributed by atoms with van der Waals surface area (Å²) in [6.45, 7) is 13.0. The van der Waals surface area contributed by atoms with Crippen LogP contribution in [0.5, 0.6) is 0 Å². The highest BCUT2D eigenvalue weighted by Crippen LogP contribution is 2.58. The van der Waals surface area contributed by atoms with Crippen molar-refractivity contribution in [2.75, 3.05) is 9.80 Å². The average Bonchev–Trinajstić information content (AvgIpc) is 1.16. The van der Waals surface area contributed by atoms with Crippen molar-refractivity contribution in [3.63, 3.8) is 0 Å². The molecule has 0 bridgehead atoms. The first-order valence-electron chi connectivity index (χ1n) is 45.9. The number of nitriles is 1. The number of nitrogens with zero attached hydrogens (tertiary/aromatic N) is 4. The normalized spacial score (nSPS) is 13.8. The van der Waals surface area contributed by atoms with Crippen molar-refractivity contribution < 1.29 is 9.60 Å². The molecule has 0 N–H and O–H groups in total. The minimum Gasteiger partial charge on any atom is -0.311 e. The van der Waals surface area contributed by atoms with Gasteiger partial charge >= 0.3 is 0 Å². The molecule has 582 valence electrons. The molecule has 0 saturated heterocycles. The van der Waals surface area contributed by atoms with Crippen LogP contribution in [-0.2, 0) is 16.2 Å². The molecule has 5 heteroatoms. The van der Waals surface area contributed by atoms with Crippen molar-refractivity contribution in [1.82, 2.24) is 4.57 Å². The number of fused-ring (bicyclic) bond motifs is 10. The Bertz CT molecular complexity index is 7780. The Hall–Kier alpha value is -15.1. The summed E-state index contributed by atoms with van der Waals surface area (Å²) in [6, 6.07) is 136. The Morgan fingerprint density at radius 3 is 1.26 bits per heavy atom. The topological polar surface area (TPSA) is 35.2 Å². The van der Waals surface area contributed by atoms with Crippen molar-refractivity contribution in [1.29, 1.82) is 5.26 Å². The van der Waals surface area contributed by atoms with E-state index in [9.17, 15) is 14.9 Å². The first kappa shape index (κ1) is 66.8. The molecule has 22 rings (SSSR count). The molecule has 123 heavy (non-hydrogen) atoms. The Morgan fingerprint density at radius 2 is 0.724 bits per heavy atom. The Balaban J connectivity index is 0.900. The van der Waals surface area contributed by atoms with Gasteiger partial charge in [0.25, 0.3) is 6.71 Å². The zero-order valence-electron chi connectivity index (χ0n) is 76.2. The fourth-order valence-corrected chi connectivity index (χ4v) is 19.6. The number of hydrogen-bond acceptors (Lipinski definition) is 3. The van der Waals surface area contributed by atoms with Gasteiger partial charge in [0, 0.05) is 50.3 Å². The van der Waals surface area contributed by atoms with Gasteiger partial charge in [0.05, 0.1) is 49.1 Å². The second kappa shape index (κ2) is 29.4. The maximum Gasteiger partial charge on any atom is 0.252 e. The monoisotopic (exact) mass is 1580 g/mol. The summed E-state index contributed by atoms with van der Waals surface area (Å²) < 4.78 is 69.6. The van der Waals surface area contributed by atoms with Crippen LogP contribution in [-0.4, -0.2) is 11.3 Å². The predicted octanol–water partition coefficient (Wildman–Crippen LogP) is 29.0. The molecular weight excluding hydrogens is 1480 g/mol. The lowest BCUT2D eigenvalue weighted by atomic mass is 9.33. The fraction of sp³-hybridized carbons (Fsp3) is 0.0763. The molecule has 18 aromatic carbocycles. The number of para-hydroxylation sites is 1. The second-order valence-electron chi connectivity index (χ2n) is 34.9. The fourth-order valence-electron chi connectivity index (χ4n) is 19.6. The molecule has 0 fully saturated rings. The summed E-state index contributed by atoms with van der Waals surface area (Å²) in [5.41, 5.74) is 32.8. The third kappa shape index (κ3) is 12.5. The smallest absolute Gasteiger partial charge is 0.252 e. The molecule has 0 spiro atoms. The summed E-state index contributed by atoms with van der Waals surface area (Å²) in [4.78, 5) is 4.98. The van der Waals surface area contributed by atoms with Crippen LogP contribution >= 0.6 is 0 Å². The molecule has 0 amide bonds. The van der Waals surface area contributed by atoms with Gasteiger partial charge in [-0.05, 0) is 253 Å². The molecule has 4 nitrogen and oxygen atoms in total. The number of anilines is 6. The van der Waals surface area contributed by atoms with Gasteiger partial charge in [0.2, 0.25) is 0 Å². The van der Waals surface area contributed by atoms with Crippen LogP contribution in [0.1, 0.15) is 90.1 Å². The largest absolute Gasteiger partial charge is 0.311 e. The van der Waals surface area contributed by atoms with Gasteiger partial charge in [0.1, 0.15) is 0 Å². The molecule has 0 atom stereocenters. The lowest BCUT2D eigenvalue weighted by molar-refractivity contribution is 0.590. The molecule has 3 aliphatic rings. The van der Waals surface area contributed by atoms with Crippen LogP contribution in [0.3, 0.4) is 0 Å². The minimum absolute atomic E-state index is 0.0117. The van der Waals surface area contributed by atoms with Crippen molar-refractivity contribution in [3.8, 4) is 112 Å². The quantitative estimate of drug-likeness (QED) is 0.108. The lowest BCUT2D eigenvalue weighted by Gasteiger charge is -2.45. The molecule has 0 unspecified atom stereocenters. The molecule has 2 aliphatic heterocycles. The number of aromatic nitrogens is 1. The van der Waals surface area contributed by atoms with Gasteiger partial charge in [-0.15, -0.1) is 0 Å². The first-order valence-corrected chi connectivity index (χ1v) is 42.4. The van der Waals surface area contributed by atoms with Crippen LogP contribution in [0.4, 0.5) is 34.1 Å². The van der Waals surface area contributed by atoms with E-state index in [1.807, 2.05) is 18.2 Å². The molecule has 19 aromatic rings. The van der Waals surface area contributed by atoms with Gasteiger partial charge in [0.15, 0.2) is 0 Å². The lowest BCUT2D eigenvalue weighted by Crippen LogP contribution is -2.61. The van der Waals surface area contributed by atoms with Crippen LogP contribution in [0.25, 0.3) is 128 Å². The van der Waals surface area contributed by atoms with Crippen molar-refractivity contribution >= 4 is 79.0 Å². The number of hydrogen-bond donors (Lipinski definition) is 0. The Kier molecular flexibility index (Phi) is 16.0. The van der Waals surface area contributed by atoms with E-state index in [1.54, 1.807) is 4.57 Å². The van der Waals surface area contributed by atoms with Gasteiger partial charge < -0.3 is 14.4 Å². The van der Waals surface area contributed by atoms with E-state index in [0.717, 1.165) is 167 Å². The van der Waals surface area contributed by atoms with Crippen LogP contribution in [0.15, 0.2) is 418 Å². The van der Waals surface area contributed by atoms with E-state index in [-0.39, 0.29) is 38.2 Å². The third-order valence-corrected chi connectivity index (χ3v) is 25.7. The molecule has 0 radical (unpaired) electrons. The van der Waals surface area contributed by atoms with E-state index < -0.39 is 54.4 Å². The maximum absolute atomic E-state index is 10.8. The van der Waals surface area contributed by atoms with E-state index >= 15 is 0 Å². The van der Waals surface area contributed by atoms with Crippen LogP contribution in [0.2, 0.25) is 0 Å². The van der Waals surface area contributed by atoms with Crippen molar-refractivity contribution in [2.45, 2.75) is 57.8 Å². The summed E-state index contributed by atoms with van der Waals surface area (Å²) in [6.07, 6.45) is 0. The second-order valence-corrected chi connectivity index (χ2v) is 34.9. The Morgan fingerprint density at radius 1 is 0.301 bits per heavy atom.